The van der Waals surface area contributed by atoms with Gasteiger partial charge < -0.3 is 24.3 Å². The van der Waals surface area contributed by atoms with Crippen molar-refractivity contribution in [3.63, 3.8) is 0 Å². The number of hydrogen-bond acceptors (Lipinski definition) is 5. The normalized spacial score (nSPS) is 31.1. The number of methoxy groups -OCH3 is 1. The molecule has 0 unspecified atom stereocenters. The van der Waals surface area contributed by atoms with Crippen molar-refractivity contribution < 1.29 is 23.7 Å². The van der Waals surface area contributed by atoms with E-state index in [0.717, 1.165) is 5.56 Å². The predicted octanol–water partition coefficient (Wildman–Crippen LogP) is 1.49. The van der Waals surface area contributed by atoms with Gasteiger partial charge in [0.15, 0.2) is 12.6 Å². The second-order valence-corrected chi connectivity index (χ2v) is 5.21. The number of nitrogens with one attached hydrogen (secondary N) is 1. The van der Waals surface area contributed by atoms with Gasteiger partial charge in [0.05, 0.1) is 12.3 Å². The monoisotopic (exact) mass is 305 g/mol. The van der Waals surface area contributed by atoms with Crippen LogP contribution in [0.2, 0.25) is 0 Å². The molecule has 0 bridgehead atoms. The summed E-state index contributed by atoms with van der Waals surface area (Å²) in [6.07, 6.45) is -0.00690. The Balaban J connectivity index is 1.81. The summed E-state index contributed by atoms with van der Waals surface area (Å²) in [6, 6.07) is 9.67. The Morgan fingerprint density at radius 2 is 2.05 bits per heavy atom. The molecule has 4 atom stereocenters. The number of carbonyl (C=O) groups excluding carboxylic acids is 1. The van der Waals surface area contributed by atoms with Crippen molar-refractivity contribution in [2.24, 2.45) is 0 Å². The van der Waals surface area contributed by atoms with Crippen LogP contribution < -0.4 is 5.32 Å². The standard InChI is InChI=1S/C16H19NO5/c1-10(18)17-12-8-14(19-2)21-13-9-20-16(22-15(12)13)11-6-4-3-5-7-11/h3-8,13-16H,9H2,1-2H3,(H,17,18)/t13-,14+,15+,16-/m1/s1. The van der Waals surface area contributed by atoms with Crippen molar-refractivity contribution in [3.05, 3.63) is 47.7 Å². The average Bonchev–Trinajstić information content (AvgIpc) is 2.54. The van der Waals surface area contributed by atoms with E-state index in [0.29, 0.717) is 12.3 Å². The quantitative estimate of drug-likeness (QED) is 0.916. The Morgan fingerprint density at radius 1 is 1.27 bits per heavy atom. The summed E-state index contributed by atoms with van der Waals surface area (Å²) in [6.45, 7) is 1.82. The van der Waals surface area contributed by atoms with Crippen molar-refractivity contribution in [2.75, 3.05) is 13.7 Å². The third-order valence-corrected chi connectivity index (χ3v) is 3.58. The highest BCUT2D eigenvalue weighted by molar-refractivity contribution is 5.75. The summed E-state index contributed by atoms with van der Waals surface area (Å²) < 4.78 is 22.7. The molecule has 0 aromatic heterocycles. The number of carbonyl (C=O) groups is 1. The molecule has 2 heterocycles. The molecule has 2 aliphatic rings. The molecular weight excluding hydrogens is 286 g/mol. The lowest BCUT2D eigenvalue weighted by Crippen LogP contribution is -2.51. The summed E-state index contributed by atoms with van der Waals surface area (Å²) in [5.74, 6) is -0.159. The third-order valence-electron chi connectivity index (χ3n) is 3.58. The van der Waals surface area contributed by atoms with Gasteiger partial charge in [-0.25, -0.2) is 0 Å². The maximum atomic E-state index is 11.4. The number of amides is 1. The number of hydrogen-bond donors (Lipinski definition) is 1. The third kappa shape index (κ3) is 3.20. The molecule has 6 nitrogen and oxygen atoms in total. The van der Waals surface area contributed by atoms with E-state index in [9.17, 15) is 4.79 Å². The van der Waals surface area contributed by atoms with Gasteiger partial charge in [-0.3, -0.25) is 4.79 Å². The van der Waals surface area contributed by atoms with E-state index in [-0.39, 0.29) is 12.0 Å². The molecule has 22 heavy (non-hydrogen) atoms. The summed E-state index contributed by atoms with van der Waals surface area (Å²) in [4.78, 5) is 11.4. The molecule has 0 saturated carbocycles. The van der Waals surface area contributed by atoms with Crippen LogP contribution in [0.4, 0.5) is 0 Å². The van der Waals surface area contributed by atoms with Crippen LogP contribution >= 0.6 is 0 Å². The molecular formula is C16H19NO5. The molecule has 1 N–H and O–H groups in total. The second kappa shape index (κ2) is 6.58. The highest BCUT2D eigenvalue weighted by atomic mass is 16.7. The molecule has 1 saturated heterocycles. The molecule has 2 aliphatic heterocycles. The first-order valence-corrected chi connectivity index (χ1v) is 7.17. The Kier molecular flexibility index (Phi) is 4.54. The Hall–Kier alpha value is -1.73. The van der Waals surface area contributed by atoms with Crippen LogP contribution in [0.15, 0.2) is 42.1 Å². The summed E-state index contributed by atoms with van der Waals surface area (Å²) in [5.41, 5.74) is 1.58. The van der Waals surface area contributed by atoms with E-state index >= 15 is 0 Å². The van der Waals surface area contributed by atoms with Crippen molar-refractivity contribution in [1.82, 2.24) is 5.32 Å². The van der Waals surface area contributed by atoms with Gasteiger partial charge in [0, 0.05) is 19.6 Å². The van der Waals surface area contributed by atoms with Crippen LogP contribution in [0.5, 0.6) is 0 Å². The fourth-order valence-electron chi connectivity index (χ4n) is 2.59. The second-order valence-electron chi connectivity index (χ2n) is 5.21. The Bertz CT molecular complexity index is 559. The van der Waals surface area contributed by atoms with E-state index in [4.69, 9.17) is 18.9 Å². The van der Waals surface area contributed by atoms with E-state index in [1.165, 1.54) is 6.92 Å². The molecule has 0 spiro atoms. The molecule has 1 amide bonds. The van der Waals surface area contributed by atoms with Gasteiger partial charge in [-0.2, -0.15) is 0 Å². The topological polar surface area (TPSA) is 66.0 Å². The molecule has 1 aromatic carbocycles. The highest BCUT2D eigenvalue weighted by Gasteiger charge is 2.40. The first kappa shape index (κ1) is 15.2. The van der Waals surface area contributed by atoms with Gasteiger partial charge in [0.25, 0.3) is 0 Å². The zero-order valence-electron chi connectivity index (χ0n) is 12.5. The van der Waals surface area contributed by atoms with Crippen LogP contribution in [-0.4, -0.2) is 38.1 Å². The minimum Gasteiger partial charge on any atom is -0.352 e. The van der Waals surface area contributed by atoms with Gasteiger partial charge in [-0.1, -0.05) is 30.3 Å². The van der Waals surface area contributed by atoms with Crippen LogP contribution in [0.3, 0.4) is 0 Å². The molecule has 118 valence electrons. The molecule has 0 radical (unpaired) electrons. The molecule has 3 rings (SSSR count). The van der Waals surface area contributed by atoms with Crippen LogP contribution in [0, 0.1) is 0 Å². The molecule has 1 fully saturated rings. The van der Waals surface area contributed by atoms with Crippen LogP contribution in [-0.2, 0) is 23.7 Å². The van der Waals surface area contributed by atoms with Gasteiger partial charge in [0.2, 0.25) is 5.91 Å². The minimum absolute atomic E-state index is 0.159. The van der Waals surface area contributed by atoms with Gasteiger partial charge >= 0.3 is 0 Å². The molecule has 6 heteroatoms. The summed E-state index contributed by atoms with van der Waals surface area (Å²) >= 11 is 0. The van der Waals surface area contributed by atoms with Gasteiger partial charge in [-0.15, -0.1) is 0 Å². The molecule has 0 aliphatic carbocycles. The maximum Gasteiger partial charge on any atom is 0.221 e. The van der Waals surface area contributed by atoms with Crippen molar-refractivity contribution >= 4 is 5.91 Å². The number of fused-ring (bicyclic) bond motifs is 1. The fourth-order valence-corrected chi connectivity index (χ4v) is 2.59. The summed E-state index contributed by atoms with van der Waals surface area (Å²) in [7, 11) is 1.55. The lowest BCUT2D eigenvalue weighted by atomic mass is 10.1. The molecule has 1 aromatic rings. The van der Waals surface area contributed by atoms with E-state index < -0.39 is 18.7 Å². The minimum atomic E-state index is -0.524. The van der Waals surface area contributed by atoms with Crippen molar-refractivity contribution in [3.8, 4) is 0 Å². The number of rotatable bonds is 3. The largest absolute Gasteiger partial charge is 0.352 e. The fraction of sp³-hybridized carbons (Fsp3) is 0.438. The lowest BCUT2D eigenvalue weighted by molar-refractivity contribution is -0.285. The van der Waals surface area contributed by atoms with E-state index in [1.54, 1.807) is 13.2 Å². The Labute approximate surface area is 129 Å². The van der Waals surface area contributed by atoms with Crippen molar-refractivity contribution in [1.29, 1.82) is 0 Å². The summed E-state index contributed by atoms with van der Waals surface area (Å²) in [5, 5.41) is 2.80. The first-order valence-electron chi connectivity index (χ1n) is 7.17. The zero-order chi connectivity index (χ0) is 15.5. The predicted molar refractivity (Wildman–Crippen MR) is 77.6 cm³/mol. The van der Waals surface area contributed by atoms with Gasteiger partial charge in [-0.05, 0) is 6.08 Å². The SMILES string of the molecule is CO[C@@H]1C=C(NC(C)=O)[C@@H]2O[C@H](c3ccccc3)OC[C@H]2O1. The highest BCUT2D eigenvalue weighted by Crippen LogP contribution is 2.33. The zero-order valence-corrected chi connectivity index (χ0v) is 12.5. The van der Waals surface area contributed by atoms with Crippen molar-refractivity contribution in [2.45, 2.75) is 31.7 Å². The van der Waals surface area contributed by atoms with Crippen LogP contribution in [0.1, 0.15) is 18.8 Å². The smallest absolute Gasteiger partial charge is 0.221 e. The van der Waals surface area contributed by atoms with Crippen LogP contribution in [0.25, 0.3) is 0 Å². The number of ether oxygens (including phenoxy) is 4. The van der Waals surface area contributed by atoms with E-state index in [2.05, 4.69) is 5.32 Å². The first-order chi connectivity index (χ1) is 10.7. The number of benzene rings is 1. The average molecular weight is 305 g/mol. The Morgan fingerprint density at radius 3 is 2.73 bits per heavy atom. The van der Waals surface area contributed by atoms with E-state index in [1.807, 2.05) is 30.3 Å². The van der Waals surface area contributed by atoms with Gasteiger partial charge in [0.1, 0.15) is 12.2 Å². The maximum absolute atomic E-state index is 11.4. The lowest BCUT2D eigenvalue weighted by Gasteiger charge is -2.41.